The van der Waals surface area contributed by atoms with E-state index in [-0.39, 0.29) is 12.3 Å². The van der Waals surface area contributed by atoms with E-state index in [0.717, 1.165) is 5.56 Å². The highest BCUT2D eigenvalue weighted by Crippen LogP contribution is 2.09. The number of hydrogen-bond acceptors (Lipinski definition) is 5. The zero-order valence-electron chi connectivity index (χ0n) is 17.3. The molecule has 0 saturated heterocycles. The van der Waals surface area contributed by atoms with Gasteiger partial charge < -0.3 is 27.2 Å². The van der Waals surface area contributed by atoms with E-state index in [9.17, 15) is 19.5 Å². The van der Waals surface area contributed by atoms with Crippen molar-refractivity contribution in [3.63, 3.8) is 0 Å². The number of hydrogen-bond donors (Lipinski definition) is 5. The largest absolute Gasteiger partial charge is 0.480 e. The maximum absolute atomic E-state index is 12.7. The molecule has 3 atom stereocenters. The van der Waals surface area contributed by atoms with Crippen LogP contribution in [0.4, 0.5) is 0 Å². The minimum atomic E-state index is -1.11. The molecule has 8 nitrogen and oxygen atoms in total. The molecule has 0 aliphatic rings. The average molecular weight is 407 g/mol. The Hall–Kier alpha value is -2.45. The second-order valence-electron chi connectivity index (χ2n) is 7.67. The number of aliphatic carboxylic acids is 1. The van der Waals surface area contributed by atoms with Crippen LogP contribution in [-0.2, 0) is 20.8 Å². The van der Waals surface area contributed by atoms with Crippen LogP contribution < -0.4 is 22.1 Å². The Morgan fingerprint density at radius 1 is 1.00 bits per heavy atom. The molecule has 0 aliphatic carbocycles. The van der Waals surface area contributed by atoms with Gasteiger partial charge in [0.1, 0.15) is 12.1 Å². The molecular weight excluding hydrogens is 372 g/mol. The van der Waals surface area contributed by atoms with E-state index in [1.807, 2.05) is 44.2 Å². The number of nitrogens with one attached hydrogen (secondary N) is 2. The number of carbonyl (C=O) groups is 3. The van der Waals surface area contributed by atoms with Gasteiger partial charge in [0.15, 0.2) is 0 Å². The number of benzene rings is 1. The third-order valence-corrected chi connectivity index (χ3v) is 4.54. The molecule has 8 heteroatoms. The smallest absolute Gasteiger partial charge is 0.326 e. The van der Waals surface area contributed by atoms with Crippen molar-refractivity contribution in [2.45, 2.75) is 64.1 Å². The summed E-state index contributed by atoms with van der Waals surface area (Å²) >= 11 is 0. The van der Waals surface area contributed by atoms with Gasteiger partial charge in [-0.1, -0.05) is 44.2 Å². The summed E-state index contributed by atoms with van der Waals surface area (Å²) in [4.78, 5) is 36.7. The molecule has 1 aromatic rings. The maximum atomic E-state index is 12.7. The van der Waals surface area contributed by atoms with E-state index in [4.69, 9.17) is 11.5 Å². The van der Waals surface area contributed by atoms with Gasteiger partial charge in [0.05, 0.1) is 6.04 Å². The summed E-state index contributed by atoms with van der Waals surface area (Å²) in [7, 11) is 0. The lowest BCUT2D eigenvalue weighted by molar-refractivity contribution is -0.142. The highest BCUT2D eigenvalue weighted by Gasteiger charge is 2.28. The Balaban J connectivity index is 2.74. The van der Waals surface area contributed by atoms with Gasteiger partial charge in [-0.2, -0.15) is 0 Å². The number of carboxylic acid groups (broad SMARTS) is 1. The molecule has 162 valence electrons. The van der Waals surface area contributed by atoms with Gasteiger partial charge in [0, 0.05) is 0 Å². The van der Waals surface area contributed by atoms with Crippen LogP contribution in [0, 0.1) is 5.92 Å². The molecule has 0 bridgehead atoms. The molecule has 0 heterocycles. The lowest BCUT2D eigenvalue weighted by Crippen LogP contribution is -2.55. The van der Waals surface area contributed by atoms with Crippen molar-refractivity contribution < 1.29 is 19.5 Å². The molecule has 0 radical (unpaired) electrons. The summed E-state index contributed by atoms with van der Waals surface area (Å²) in [5, 5.41) is 14.6. The molecule has 29 heavy (non-hydrogen) atoms. The van der Waals surface area contributed by atoms with Gasteiger partial charge in [-0.25, -0.2) is 4.79 Å². The molecule has 0 aliphatic heterocycles. The average Bonchev–Trinajstić information content (AvgIpc) is 2.66. The van der Waals surface area contributed by atoms with Crippen molar-refractivity contribution in [2.24, 2.45) is 17.4 Å². The molecule has 0 aromatic heterocycles. The van der Waals surface area contributed by atoms with Crippen molar-refractivity contribution in [3.05, 3.63) is 35.9 Å². The fourth-order valence-electron chi connectivity index (χ4n) is 2.96. The number of amides is 2. The van der Waals surface area contributed by atoms with Crippen LogP contribution in [0.2, 0.25) is 0 Å². The topological polar surface area (TPSA) is 148 Å². The normalized spacial score (nSPS) is 14.1. The van der Waals surface area contributed by atoms with E-state index in [1.54, 1.807) is 0 Å². The predicted molar refractivity (Wildman–Crippen MR) is 112 cm³/mol. The van der Waals surface area contributed by atoms with E-state index in [1.165, 1.54) is 0 Å². The summed E-state index contributed by atoms with van der Waals surface area (Å²) in [5.74, 6) is -1.94. The molecule has 2 amide bonds. The molecule has 1 aromatic carbocycles. The van der Waals surface area contributed by atoms with Gasteiger partial charge >= 0.3 is 5.97 Å². The van der Waals surface area contributed by atoms with Gasteiger partial charge in [-0.3, -0.25) is 9.59 Å². The standard InChI is InChI=1S/C21H34N4O4/c1-14(2)12-18(20(27)24-17(21(28)29)10-6-7-11-22)25-19(26)16(23)13-15-8-4-3-5-9-15/h3-5,8-9,14,16-18H,6-7,10-13,22-23H2,1-2H3,(H,24,27)(H,25,26)(H,28,29)/t16-,17-,18-/m0/s1. The van der Waals surface area contributed by atoms with Crippen molar-refractivity contribution in [1.29, 1.82) is 0 Å². The number of carboxylic acids is 1. The molecular formula is C21H34N4O4. The fourth-order valence-corrected chi connectivity index (χ4v) is 2.96. The highest BCUT2D eigenvalue weighted by molar-refractivity contribution is 5.91. The zero-order chi connectivity index (χ0) is 21.8. The van der Waals surface area contributed by atoms with Crippen LogP contribution in [0.5, 0.6) is 0 Å². The van der Waals surface area contributed by atoms with Gasteiger partial charge in [0.2, 0.25) is 11.8 Å². The van der Waals surface area contributed by atoms with Crippen LogP contribution >= 0.6 is 0 Å². The third kappa shape index (κ3) is 9.54. The molecule has 0 saturated carbocycles. The van der Waals surface area contributed by atoms with Gasteiger partial charge in [0.25, 0.3) is 0 Å². The second-order valence-corrected chi connectivity index (χ2v) is 7.67. The quantitative estimate of drug-likeness (QED) is 0.306. The SMILES string of the molecule is CC(C)C[C@H](NC(=O)[C@@H](N)Cc1ccccc1)C(=O)N[C@@H](CCCCN)C(=O)O. The van der Waals surface area contributed by atoms with E-state index in [0.29, 0.717) is 32.2 Å². The van der Waals surface area contributed by atoms with Crippen LogP contribution in [0.25, 0.3) is 0 Å². The summed E-state index contributed by atoms with van der Waals surface area (Å²) < 4.78 is 0. The van der Waals surface area contributed by atoms with Crippen LogP contribution in [0.15, 0.2) is 30.3 Å². The molecule has 0 spiro atoms. The van der Waals surface area contributed by atoms with Crippen LogP contribution in [0.1, 0.15) is 45.1 Å². The lowest BCUT2D eigenvalue weighted by atomic mass is 10.0. The lowest BCUT2D eigenvalue weighted by Gasteiger charge is -2.24. The Kier molecular flexibility index (Phi) is 10.9. The van der Waals surface area contributed by atoms with Crippen LogP contribution in [0.3, 0.4) is 0 Å². The Bertz CT molecular complexity index is 651. The first kappa shape index (κ1) is 24.6. The molecule has 7 N–H and O–H groups in total. The molecule has 0 fully saturated rings. The first-order valence-electron chi connectivity index (χ1n) is 10.1. The first-order chi connectivity index (χ1) is 13.7. The fraction of sp³-hybridized carbons (Fsp3) is 0.571. The monoisotopic (exact) mass is 406 g/mol. The summed E-state index contributed by atoms with van der Waals surface area (Å²) in [6, 6.07) is 6.70. The Morgan fingerprint density at radius 3 is 2.17 bits per heavy atom. The number of carbonyl (C=O) groups excluding carboxylic acids is 2. The summed E-state index contributed by atoms with van der Waals surface area (Å²) in [5.41, 5.74) is 12.4. The number of nitrogens with two attached hydrogens (primary N) is 2. The van der Waals surface area contributed by atoms with Crippen molar-refractivity contribution in [1.82, 2.24) is 10.6 Å². The van der Waals surface area contributed by atoms with E-state index < -0.39 is 35.9 Å². The maximum Gasteiger partial charge on any atom is 0.326 e. The second kappa shape index (κ2) is 12.9. The van der Waals surface area contributed by atoms with E-state index in [2.05, 4.69) is 10.6 Å². The first-order valence-corrected chi connectivity index (χ1v) is 10.1. The summed E-state index contributed by atoms with van der Waals surface area (Å²) in [6.45, 7) is 4.31. The number of unbranched alkanes of at least 4 members (excludes halogenated alkanes) is 1. The van der Waals surface area contributed by atoms with Crippen molar-refractivity contribution in [2.75, 3.05) is 6.54 Å². The number of rotatable bonds is 13. The third-order valence-electron chi connectivity index (χ3n) is 4.54. The van der Waals surface area contributed by atoms with Crippen LogP contribution in [-0.4, -0.2) is 47.6 Å². The molecule has 1 rings (SSSR count). The van der Waals surface area contributed by atoms with E-state index >= 15 is 0 Å². The summed E-state index contributed by atoms with van der Waals surface area (Å²) in [6.07, 6.45) is 2.29. The Morgan fingerprint density at radius 2 is 1.62 bits per heavy atom. The zero-order valence-corrected chi connectivity index (χ0v) is 17.3. The minimum Gasteiger partial charge on any atom is -0.480 e. The molecule has 0 unspecified atom stereocenters. The Labute approximate surface area is 172 Å². The highest BCUT2D eigenvalue weighted by atomic mass is 16.4. The van der Waals surface area contributed by atoms with Crippen molar-refractivity contribution >= 4 is 17.8 Å². The van der Waals surface area contributed by atoms with Gasteiger partial charge in [-0.15, -0.1) is 0 Å². The van der Waals surface area contributed by atoms with Crippen molar-refractivity contribution in [3.8, 4) is 0 Å². The van der Waals surface area contributed by atoms with Gasteiger partial charge in [-0.05, 0) is 50.1 Å². The predicted octanol–water partition coefficient (Wildman–Crippen LogP) is 0.786. The minimum absolute atomic E-state index is 0.122.